The highest BCUT2D eigenvalue weighted by molar-refractivity contribution is 5.85. The number of imidazole rings is 1. The molecule has 4 rings (SSSR count). The number of hydrogen-bond acceptors (Lipinski definition) is 3. The standard InChI is InChI=1S/C28H22N4.ClH/c29-17-22-9-13-25(14-10-22)28(26-15-11-23(18-30)12-16-26)8-4-7-27-19-31-21-32(27)20-24-5-2-1-3-6-24;/h1-3,5-6,8-16,19,21H,4,7,20H2;1H. The smallest absolute Gasteiger partial charge is 0.0991 e. The number of nitriles is 2. The Labute approximate surface area is 200 Å². The minimum Gasteiger partial charge on any atom is -0.330 e. The van der Waals surface area contributed by atoms with Gasteiger partial charge in [0.25, 0.3) is 0 Å². The molecule has 0 bridgehead atoms. The summed E-state index contributed by atoms with van der Waals surface area (Å²) in [6.45, 7) is 0.804. The molecular weight excluding hydrogens is 428 g/mol. The summed E-state index contributed by atoms with van der Waals surface area (Å²) in [6, 6.07) is 30.0. The molecule has 33 heavy (non-hydrogen) atoms. The number of benzene rings is 3. The van der Waals surface area contributed by atoms with E-state index in [0.29, 0.717) is 11.1 Å². The first-order chi connectivity index (χ1) is 15.8. The highest BCUT2D eigenvalue weighted by Crippen LogP contribution is 2.25. The molecule has 4 aromatic rings. The number of aryl methyl sites for hydroxylation is 1. The van der Waals surface area contributed by atoms with Gasteiger partial charge in [0.05, 0.1) is 29.6 Å². The zero-order chi connectivity index (χ0) is 22.2. The summed E-state index contributed by atoms with van der Waals surface area (Å²) in [5.41, 5.74) is 6.89. The van der Waals surface area contributed by atoms with E-state index in [0.717, 1.165) is 36.1 Å². The summed E-state index contributed by atoms with van der Waals surface area (Å²) in [4.78, 5) is 4.35. The number of allylic oxidation sites excluding steroid dienone is 1. The van der Waals surface area contributed by atoms with Gasteiger partial charge in [0.2, 0.25) is 0 Å². The maximum Gasteiger partial charge on any atom is 0.0991 e. The number of nitrogens with zero attached hydrogens (tertiary/aromatic N) is 4. The molecule has 5 heteroatoms. The molecule has 0 N–H and O–H groups in total. The zero-order valence-corrected chi connectivity index (χ0v) is 18.9. The van der Waals surface area contributed by atoms with Gasteiger partial charge in [-0.2, -0.15) is 10.5 Å². The molecule has 0 saturated heterocycles. The van der Waals surface area contributed by atoms with Gasteiger partial charge in [0.15, 0.2) is 0 Å². The van der Waals surface area contributed by atoms with E-state index in [9.17, 15) is 0 Å². The Morgan fingerprint density at radius 2 is 1.39 bits per heavy atom. The van der Waals surface area contributed by atoms with Crippen LogP contribution in [-0.4, -0.2) is 9.55 Å². The van der Waals surface area contributed by atoms with E-state index >= 15 is 0 Å². The van der Waals surface area contributed by atoms with Gasteiger partial charge in [-0.05, 0) is 59.4 Å². The first-order valence-corrected chi connectivity index (χ1v) is 10.5. The molecule has 1 heterocycles. The number of aromatic nitrogens is 2. The average Bonchev–Trinajstić information content (AvgIpc) is 3.29. The third-order valence-electron chi connectivity index (χ3n) is 5.39. The normalized spacial score (nSPS) is 9.88. The van der Waals surface area contributed by atoms with Gasteiger partial charge in [-0.15, -0.1) is 12.4 Å². The molecule has 0 amide bonds. The lowest BCUT2D eigenvalue weighted by Gasteiger charge is -2.11. The van der Waals surface area contributed by atoms with Crippen molar-refractivity contribution >= 4 is 18.0 Å². The highest BCUT2D eigenvalue weighted by atomic mass is 35.5. The molecule has 0 aliphatic rings. The minimum atomic E-state index is 0. The van der Waals surface area contributed by atoms with Crippen LogP contribution in [0.3, 0.4) is 0 Å². The SMILES string of the molecule is Cl.N#Cc1ccc(C(=CCCc2cncn2Cc2ccccc2)c2ccc(C#N)cc2)cc1. The van der Waals surface area contributed by atoms with Gasteiger partial charge >= 0.3 is 0 Å². The number of rotatable bonds is 7. The Morgan fingerprint density at radius 1 is 0.818 bits per heavy atom. The lowest BCUT2D eigenvalue weighted by molar-refractivity contribution is 0.734. The van der Waals surface area contributed by atoms with Crippen molar-refractivity contribution in [3.8, 4) is 12.1 Å². The van der Waals surface area contributed by atoms with Crippen LogP contribution in [0.1, 0.15) is 39.9 Å². The highest BCUT2D eigenvalue weighted by Gasteiger charge is 2.07. The molecule has 4 nitrogen and oxygen atoms in total. The Kier molecular flexibility index (Phi) is 8.19. The second kappa shape index (κ2) is 11.5. The van der Waals surface area contributed by atoms with Crippen LogP contribution < -0.4 is 0 Å². The molecule has 0 atom stereocenters. The molecule has 0 fully saturated rings. The fourth-order valence-corrected chi connectivity index (χ4v) is 3.69. The predicted molar refractivity (Wildman–Crippen MR) is 133 cm³/mol. The fourth-order valence-electron chi connectivity index (χ4n) is 3.69. The largest absolute Gasteiger partial charge is 0.330 e. The van der Waals surface area contributed by atoms with Crippen LogP contribution in [0.5, 0.6) is 0 Å². The Balaban J connectivity index is 0.00000306. The Hall–Kier alpha value is -4.12. The predicted octanol–water partition coefficient (Wildman–Crippen LogP) is 6.16. The van der Waals surface area contributed by atoms with Crippen molar-refractivity contribution in [2.75, 3.05) is 0 Å². The van der Waals surface area contributed by atoms with Crippen LogP contribution >= 0.6 is 12.4 Å². The van der Waals surface area contributed by atoms with E-state index in [1.54, 1.807) is 0 Å². The van der Waals surface area contributed by atoms with Crippen molar-refractivity contribution in [1.29, 1.82) is 10.5 Å². The van der Waals surface area contributed by atoms with E-state index in [1.807, 2.05) is 67.1 Å². The second-order valence-electron chi connectivity index (χ2n) is 7.53. The van der Waals surface area contributed by atoms with Crippen molar-refractivity contribution in [3.05, 3.63) is 131 Å². The van der Waals surface area contributed by atoms with Gasteiger partial charge in [-0.1, -0.05) is 60.7 Å². The average molecular weight is 451 g/mol. The maximum absolute atomic E-state index is 9.12. The molecule has 0 radical (unpaired) electrons. The molecule has 0 aliphatic carbocycles. The second-order valence-corrected chi connectivity index (χ2v) is 7.53. The number of halogens is 1. The Bertz CT molecular complexity index is 1230. The van der Waals surface area contributed by atoms with Crippen molar-refractivity contribution in [1.82, 2.24) is 9.55 Å². The van der Waals surface area contributed by atoms with Crippen LogP contribution in [0.4, 0.5) is 0 Å². The van der Waals surface area contributed by atoms with Crippen LogP contribution in [0.25, 0.3) is 5.57 Å². The van der Waals surface area contributed by atoms with Gasteiger partial charge < -0.3 is 4.57 Å². The topological polar surface area (TPSA) is 65.4 Å². The lowest BCUT2D eigenvalue weighted by atomic mass is 9.95. The van der Waals surface area contributed by atoms with Crippen LogP contribution in [0.15, 0.2) is 97.5 Å². The third-order valence-corrected chi connectivity index (χ3v) is 5.39. The van der Waals surface area contributed by atoms with E-state index in [-0.39, 0.29) is 12.4 Å². The molecule has 0 unspecified atom stereocenters. The van der Waals surface area contributed by atoms with Crippen LogP contribution in [0.2, 0.25) is 0 Å². The molecule has 0 spiro atoms. The van der Waals surface area contributed by atoms with Gasteiger partial charge in [0, 0.05) is 18.4 Å². The van der Waals surface area contributed by atoms with Gasteiger partial charge in [-0.3, -0.25) is 0 Å². The summed E-state index contributed by atoms with van der Waals surface area (Å²) in [5.74, 6) is 0. The maximum atomic E-state index is 9.12. The Morgan fingerprint density at radius 3 is 1.94 bits per heavy atom. The van der Waals surface area contributed by atoms with Crippen LogP contribution in [-0.2, 0) is 13.0 Å². The van der Waals surface area contributed by atoms with Crippen molar-refractivity contribution in [3.63, 3.8) is 0 Å². The molecular formula is C28H23ClN4. The summed E-state index contributed by atoms with van der Waals surface area (Å²) < 4.78 is 2.19. The monoisotopic (exact) mass is 450 g/mol. The molecule has 1 aromatic heterocycles. The van der Waals surface area contributed by atoms with Crippen molar-refractivity contribution in [2.45, 2.75) is 19.4 Å². The van der Waals surface area contributed by atoms with E-state index < -0.39 is 0 Å². The van der Waals surface area contributed by atoms with Gasteiger partial charge in [-0.25, -0.2) is 4.98 Å². The van der Waals surface area contributed by atoms with E-state index in [1.165, 1.54) is 11.3 Å². The quantitative estimate of drug-likeness (QED) is 0.338. The lowest BCUT2D eigenvalue weighted by Crippen LogP contribution is -2.03. The summed E-state index contributed by atoms with van der Waals surface area (Å²) in [7, 11) is 0. The first-order valence-electron chi connectivity index (χ1n) is 10.5. The van der Waals surface area contributed by atoms with E-state index in [2.05, 4.69) is 52.0 Å². The first kappa shape index (κ1) is 23.5. The van der Waals surface area contributed by atoms with E-state index in [4.69, 9.17) is 10.5 Å². The van der Waals surface area contributed by atoms with Crippen molar-refractivity contribution in [2.24, 2.45) is 0 Å². The fraction of sp³-hybridized carbons (Fsp3) is 0.107. The van der Waals surface area contributed by atoms with Gasteiger partial charge in [0.1, 0.15) is 0 Å². The third kappa shape index (κ3) is 5.98. The summed E-state index contributed by atoms with van der Waals surface area (Å²) >= 11 is 0. The van der Waals surface area contributed by atoms with Crippen molar-refractivity contribution < 1.29 is 0 Å². The zero-order valence-electron chi connectivity index (χ0n) is 18.1. The summed E-state index contributed by atoms with van der Waals surface area (Å²) in [5, 5.41) is 18.2. The number of hydrogen-bond donors (Lipinski definition) is 0. The summed E-state index contributed by atoms with van der Waals surface area (Å²) in [6.07, 6.45) is 7.75. The minimum absolute atomic E-state index is 0. The van der Waals surface area contributed by atoms with Crippen LogP contribution in [0, 0.1) is 22.7 Å². The molecule has 162 valence electrons. The molecule has 0 aliphatic heterocycles. The molecule has 0 saturated carbocycles. The molecule has 3 aromatic carbocycles.